The highest BCUT2D eigenvalue weighted by Gasteiger charge is 2.48. The third-order valence-electron chi connectivity index (χ3n) is 5.54. The molecule has 0 radical (unpaired) electrons. The van der Waals surface area contributed by atoms with Crippen molar-refractivity contribution in [2.24, 2.45) is 0 Å². The van der Waals surface area contributed by atoms with Crippen molar-refractivity contribution in [3.8, 4) is 5.75 Å². The summed E-state index contributed by atoms with van der Waals surface area (Å²) in [5.41, 5.74) is 2.68. The average Bonchev–Trinajstić information content (AvgIpc) is 3.40. The summed E-state index contributed by atoms with van der Waals surface area (Å²) in [5, 5.41) is 11.2. The zero-order valence-electron chi connectivity index (χ0n) is 18.3. The number of rotatable bonds is 6. The van der Waals surface area contributed by atoms with Crippen LogP contribution in [0, 0.1) is 13.8 Å². The van der Waals surface area contributed by atoms with Crippen molar-refractivity contribution in [2.45, 2.75) is 33.2 Å². The second-order valence-electron chi connectivity index (χ2n) is 7.80. The van der Waals surface area contributed by atoms with E-state index in [-0.39, 0.29) is 11.3 Å². The van der Waals surface area contributed by atoms with E-state index < -0.39 is 17.7 Å². The predicted molar refractivity (Wildman–Crippen MR) is 122 cm³/mol. The Bertz CT molecular complexity index is 1190. The number of amides is 1. The molecule has 1 saturated heterocycles. The number of benzene rings is 2. The number of Topliss-reactive ketones (excluding diaryl/α,β-unsaturated/α-hetero) is 1. The van der Waals surface area contributed by atoms with Gasteiger partial charge in [0.2, 0.25) is 0 Å². The number of anilines is 1. The number of carbonyl (C=O) groups is 2. The minimum Gasteiger partial charge on any atom is -0.507 e. The van der Waals surface area contributed by atoms with Gasteiger partial charge in [-0.15, -0.1) is 0 Å². The highest BCUT2D eigenvalue weighted by Crippen LogP contribution is 2.43. The van der Waals surface area contributed by atoms with Crippen LogP contribution in [0.3, 0.4) is 0 Å². The van der Waals surface area contributed by atoms with Gasteiger partial charge in [-0.05, 0) is 67.8 Å². The molecule has 6 heteroatoms. The number of hydrogen-bond donors (Lipinski definition) is 1. The molecule has 32 heavy (non-hydrogen) atoms. The van der Waals surface area contributed by atoms with E-state index in [4.69, 9.17) is 9.15 Å². The number of ether oxygens (including phenoxy) is 1. The fourth-order valence-corrected chi connectivity index (χ4v) is 3.96. The Hall–Kier alpha value is -3.80. The van der Waals surface area contributed by atoms with Crippen LogP contribution >= 0.6 is 0 Å². The zero-order valence-corrected chi connectivity index (χ0v) is 18.3. The average molecular weight is 431 g/mol. The molecule has 2 aromatic carbocycles. The fourth-order valence-electron chi connectivity index (χ4n) is 3.96. The first-order chi connectivity index (χ1) is 15.4. The lowest BCUT2D eigenvalue weighted by Gasteiger charge is -2.24. The van der Waals surface area contributed by atoms with Crippen LogP contribution < -0.4 is 9.64 Å². The lowest BCUT2D eigenvalue weighted by Crippen LogP contribution is -2.29. The number of para-hydroxylation sites is 1. The summed E-state index contributed by atoms with van der Waals surface area (Å²) in [4.78, 5) is 27.7. The van der Waals surface area contributed by atoms with Gasteiger partial charge in [0.15, 0.2) is 0 Å². The lowest BCUT2D eigenvalue weighted by molar-refractivity contribution is -0.132. The lowest BCUT2D eigenvalue weighted by atomic mass is 9.98. The minimum absolute atomic E-state index is 0.00479. The van der Waals surface area contributed by atoms with Gasteiger partial charge in [-0.25, -0.2) is 0 Å². The van der Waals surface area contributed by atoms with Crippen LogP contribution in [0.25, 0.3) is 5.76 Å². The van der Waals surface area contributed by atoms with Gasteiger partial charge in [-0.1, -0.05) is 25.1 Å². The molecule has 0 bridgehead atoms. The van der Waals surface area contributed by atoms with E-state index >= 15 is 0 Å². The fraction of sp³-hybridized carbons (Fsp3) is 0.231. The molecule has 1 unspecified atom stereocenters. The van der Waals surface area contributed by atoms with Crippen LogP contribution in [0.4, 0.5) is 5.69 Å². The topological polar surface area (TPSA) is 80.0 Å². The van der Waals surface area contributed by atoms with Crippen LogP contribution in [0.15, 0.2) is 70.9 Å². The van der Waals surface area contributed by atoms with Gasteiger partial charge in [-0.3, -0.25) is 14.5 Å². The third kappa shape index (κ3) is 3.68. The van der Waals surface area contributed by atoms with Gasteiger partial charge in [0.05, 0.1) is 18.4 Å². The van der Waals surface area contributed by atoms with Crippen molar-refractivity contribution in [2.75, 3.05) is 11.5 Å². The monoisotopic (exact) mass is 431 g/mol. The smallest absolute Gasteiger partial charge is 0.300 e. The molecule has 0 saturated carbocycles. The van der Waals surface area contributed by atoms with E-state index in [0.717, 1.165) is 17.5 Å². The zero-order chi connectivity index (χ0) is 22.8. The molecule has 0 aliphatic carbocycles. The number of ketones is 1. The maximum absolute atomic E-state index is 13.1. The van der Waals surface area contributed by atoms with Crippen molar-refractivity contribution >= 4 is 23.1 Å². The molecule has 6 nitrogen and oxygen atoms in total. The van der Waals surface area contributed by atoms with Gasteiger partial charge in [0, 0.05) is 11.3 Å². The summed E-state index contributed by atoms with van der Waals surface area (Å²) in [6, 6.07) is 15.0. The Labute approximate surface area is 186 Å². The molecule has 1 aromatic heterocycles. The van der Waals surface area contributed by atoms with Gasteiger partial charge >= 0.3 is 0 Å². The first kappa shape index (κ1) is 21.4. The van der Waals surface area contributed by atoms with E-state index in [1.165, 1.54) is 11.2 Å². The van der Waals surface area contributed by atoms with E-state index in [1.54, 1.807) is 42.5 Å². The standard InChI is InChI=1S/C26H25NO5/c1-4-13-31-20-12-11-18(15-17(20)3)24(28)22-23(21-10-7-14-32-21)27(26(30)25(22)29)19-9-6-5-8-16(19)2/h5-12,14-15,23,28H,4,13H2,1-3H3/b24-22-. The van der Waals surface area contributed by atoms with Crippen molar-refractivity contribution in [1.82, 2.24) is 0 Å². The largest absolute Gasteiger partial charge is 0.507 e. The normalized spacial score (nSPS) is 17.7. The van der Waals surface area contributed by atoms with E-state index in [9.17, 15) is 14.7 Å². The highest BCUT2D eigenvalue weighted by atomic mass is 16.5. The first-order valence-corrected chi connectivity index (χ1v) is 10.6. The summed E-state index contributed by atoms with van der Waals surface area (Å²) in [6.45, 7) is 6.35. The number of nitrogens with zero attached hydrogens (tertiary/aromatic N) is 1. The van der Waals surface area contributed by atoms with Crippen LogP contribution in [0.1, 0.15) is 41.8 Å². The second kappa shape index (κ2) is 8.75. The summed E-state index contributed by atoms with van der Waals surface area (Å²) in [5.74, 6) is -0.594. The van der Waals surface area contributed by atoms with Gasteiger partial charge in [0.1, 0.15) is 23.3 Å². The summed E-state index contributed by atoms with van der Waals surface area (Å²) in [6.07, 6.45) is 2.37. The SMILES string of the molecule is CCCOc1ccc(/C(O)=C2/C(=O)C(=O)N(c3ccccc3C)C2c2ccco2)cc1C. The maximum Gasteiger partial charge on any atom is 0.300 e. The molecule has 1 amide bonds. The number of aryl methyl sites for hydroxylation is 2. The number of carbonyl (C=O) groups excluding carboxylic acids is 2. The molecule has 1 aliphatic rings. The Morgan fingerprint density at radius 3 is 2.50 bits per heavy atom. The molecule has 1 fully saturated rings. The van der Waals surface area contributed by atoms with E-state index in [1.807, 2.05) is 32.9 Å². The van der Waals surface area contributed by atoms with Gasteiger partial charge < -0.3 is 14.3 Å². The highest BCUT2D eigenvalue weighted by molar-refractivity contribution is 6.51. The van der Waals surface area contributed by atoms with Crippen molar-refractivity contribution in [1.29, 1.82) is 0 Å². The molecule has 1 N–H and O–H groups in total. The predicted octanol–water partition coefficient (Wildman–Crippen LogP) is 5.31. The molecular weight excluding hydrogens is 406 g/mol. The summed E-state index contributed by atoms with van der Waals surface area (Å²) in [7, 11) is 0. The molecule has 0 spiro atoms. The van der Waals surface area contributed by atoms with Gasteiger partial charge in [0.25, 0.3) is 11.7 Å². The van der Waals surface area contributed by atoms with E-state index in [2.05, 4.69) is 0 Å². The van der Waals surface area contributed by atoms with Crippen molar-refractivity contribution in [3.05, 3.63) is 88.9 Å². The quantitative estimate of drug-likeness (QED) is 0.325. The summed E-state index contributed by atoms with van der Waals surface area (Å²) < 4.78 is 11.3. The molecule has 4 rings (SSSR count). The Balaban J connectivity index is 1.86. The molecule has 1 aliphatic heterocycles. The van der Waals surface area contributed by atoms with E-state index in [0.29, 0.717) is 29.4 Å². The Kier molecular flexibility index (Phi) is 5.86. The van der Waals surface area contributed by atoms with Crippen molar-refractivity contribution < 1.29 is 23.8 Å². The Morgan fingerprint density at radius 2 is 1.84 bits per heavy atom. The van der Waals surface area contributed by atoms with Gasteiger partial charge in [-0.2, -0.15) is 0 Å². The molecule has 164 valence electrons. The van der Waals surface area contributed by atoms with Crippen LogP contribution in [-0.4, -0.2) is 23.4 Å². The summed E-state index contributed by atoms with van der Waals surface area (Å²) >= 11 is 0. The number of hydrogen-bond acceptors (Lipinski definition) is 5. The first-order valence-electron chi connectivity index (χ1n) is 10.6. The van der Waals surface area contributed by atoms with Crippen LogP contribution in [0.2, 0.25) is 0 Å². The molecular formula is C26H25NO5. The third-order valence-corrected chi connectivity index (χ3v) is 5.54. The molecule has 2 heterocycles. The van der Waals surface area contributed by atoms with Crippen LogP contribution in [-0.2, 0) is 9.59 Å². The maximum atomic E-state index is 13.1. The molecule has 1 atom stereocenters. The Morgan fingerprint density at radius 1 is 1.06 bits per heavy atom. The second-order valence-corrected chi connectivity index (χ2v) is 7.80. The number of aliphatic hydroxyl groups is 1. The molecule has 3 aromatic rings. The number of aliphatic hydroxyl groups excluding tert-OH is 1. The number of furan rings is 1. The minimum atomic E-state index is -0.873. The van der Waals surface area contributed by atoms with Crippen molar-refractivity contribution in [3.63, 3.8) is 0 Å². The van der Waals surface area contributed by atoms with Crippen LogP contribution in [0.5, 0.6) is 5.75 Å².